The first kappa shape index (κ1) is 13.4. The van der Waals surface area contributed by atoms with E-state index in [2.05, 4.69) is 22.0 Å². The predicted octanol–water partition coefficient (Wildman–Crippen LogP) is 1.98. The van der Waals surface area contributed by atoms with Crippen LogP contribution in [0.4, 0.5) is 0 Å². The molecule has 0 saturated heterocycles. The Hall–Kier alpha value is -2.63. The van der Waals surface area contributed by atoms with Crippen LogP contribution in [0.5, 0.6) is 5.75 Å². The third-order valence-electron chi connectivity index (χ3n) is 3.41. The molecule has 1 aromatic carbocycles. The van der Waals surface area contributed by atoms with Gasteiger partial charge in [-0.05, 0) is 18.6 Å². The summed E-state index contributed by atoms with van der Waals surface area (Å²) in [5.41, 5.74) is 2.11. The summed E-state index contributed by atoms with van der Waals surface area (Å²) in [6.45, 7) is 2.05. The van der Waals surface area contributed by atoms with Crippen molar-refractivity contribution in [1.29, 1.82) is 0 Å². The van der Waals surface area contributed by atoms with Crippen molar-refractivity contribution >= 4 is 11.0 Å². The van der Waals surface area contributed by atoms with Gasteiger partial charge >= 0.3 is 0 Å². The van der Waals surface area contributed by atoms with Crippen molar-refractivity contribution in [3.8, 4) is 17.1 Å². The van der Waals surface area contributed by atoms with E-state index >= 15 is 0 Å². The summed E-state index contributed by atoms with van der Waals surface area (Å²) in [7, 11) is 1.73. The standard InChI is InChI=1S/C15H16N4O2/c1-3-6-10-12-13(19(2)18-10)15(21)17-14(16-12)9-7-4-5-8-11(9)20/h4-5,7-8,20H,3,6H2,1-2H3,(H,16,17,21). The lowest BCUT2D eigenvalue weighted by molar-refractivity contribution is 0.477. The molecule has 6 heteroatoms. The average Bonchev–Trinajstić information content (AvgIpc) is 2.77. The lowest BCUT2D eigenvalue weighted by Gasteiger charge is -2.04. The third-order valence-corrected chi connectivity index (χ3v) is 3.41. The van der Waals surface area contributed by atoms with Crippen LogP contribution in [0.15, 0.2) is 29.1 Å². The number of H-pyrrole nitrogens is 1. The number of nitrogens with zero attached hydrogens (tertiary/aromatic N) is 3. The molecule has 0 atom stereocenters. The molecule has 0 spiro atoms. The van der Waals surface area contributed by atoms with Crippen molar-refractivity contribution in [2.75, 3.05) is 0 Å². The highest BCUT2D eigenvalue weighted by molar-refractivity contribution is 5.79. The Bertz CT molecular complexity index is 864. The molecule has 2 heterocycles. The van der Waals surface area contributed by atoms with E-state index in [4.69, 9.17) is 0 Å². The number of fused-ring (bicyclic) bond motifs is 1. The number of phenols is 1. The smallest absolute Gasteiger partial charge is 0.277 e. The minimum absolute atomic E-state index is 0.0842. The molecule has 0 saturated carbocycles. The Kier molecular flexibility index (Phi) is 3.21. The van der Waals surface area contributed by atoms with Crippen molar-refractivity contribution < 1.29 is 5.11 Å². The summed E-state index contributed by atoms with van der Waals surface area (Å²) in [5.74, 6) is 0.442. The second-order valence-corrected chi connectivity index (χ2v) is 4.95. The Balaban J connectivity index is 2.30. The SMILES string of the molecule is CCCc1nn(C)c2c(=O)[nH]c(-c3ccccc3O)nc12. The number of phenolic OH excluding ortho intramolecular Hbond substituents is 1. The largest absolute Gasteiger partial charge is 0.507 e. The van der Waals surface area contributed by atoms with Crippen LogP contribution >= 0.6 is 0 Å². The lowest BCUT2D eigenvalue weighted by Crippen LogP contribution is -2.12. The molecule has 2 aromatic heterocycles. The van der Waals surface area contributed by atoms with Gasteiger partial charge in [-0.25, -0.2) is 4.98 Å². The van der Waals surface area contributed by atoms with Crippen molar-refractivity contribution in [3.05, 3.63) is 40.3 Å². The fourth-order valence-electron chi connectivity index (χ4n) is 2.45. The molecule has 0 fully saturated rings. The van der Waals surface area contributed by atoms with E-state index in [9.17, 15) is 9.90 Å². The van der Waals surface area contributed by atoms with Crippen molar-refractivity contribution in [1.82, 2.24) is 19.7 Å². The first-order chi connectivity index (χ1) is 10.1. The molecule has 6 nitrogen and oxygen atoms in total. The van der Waals surface area contributed by atoms with Crippen molar-refractivity contribution in [2.45, 2.75) is 19.8 Å². The Morgan fingerprint density at radius 1 is 1.33 bits per heavy atom. The second kappa shape index (κ2) is 5.05. The highest BCUT2D eigenvalue weighted by Crippen LogP contribution is 2.26. The summed E-state index contributed by atoms with van der Waals surface area (Å²) in [5, 5.41) is 14.3. The van der Waals surface area contributed by atoms with Gasteiger partial charge in [0.15, 0.2) is 5.52 Å². The molecule has 2 N–H and O–H groups in total. The van der Waals surface area contributed by atoms with Gasteiger partial charge in [0.25, 0.3) is 5.56 Å². The van der Waals surface area contributed by atoms with E-state index in [0.717, 1.165) is 18.5 Å². The van der Waals surface area contributed by atoms with Gasteiger partial charge in [-0.3, -0.25) is 9.48 Å². The third kappa shape index (κ3) is 2.18. The zero-order valence-corrected chi connectivity index (χ0v) is 11.9. The minimum Gasteiger partial charge on any atom is -0.507 e. The molecule has 0 aliphatic heterocycles. The maximum Gasteiger partial charge on any atom is 0.277 e. The monoisotopic (exact) mass is 284 g/mol. The highest BCUT2D eigenvalue weighted by Gasteiger charge is 2.16. The van der Waals surface area contributed by atoms with Gasteiger partial charge in [-0.2, -0.15) is 5.10 Å². The molecular formula is C15H16N4O2. The van der Waals surface area contributed by atoms with Crippen LogP contribution < -0.4 is 5.56 Å². The number of para-hydroxylation sites is 1. The van der Waals surface area contributed by atoms with Gasteiger partial charge in [0, 0.05) is 7.05 Å². The second-order valence-electron chi connectivity index (χ2n) is 4.95. The molecule has 0 bridgehead atoms. The van der Waals surface area contributed by atoms with E-state index in [0.29, 0.717) is 22.4 Å². The topological polar surface area (TPSA) is 83.8 Å². The molecular weight excluding hydrogens is 268 g/mol. The van der Waals surface area contributed by atoms with Crippen LogP contribution in [-0.2, 0) is 13.5 Å². The minimum atomic E-state index is -0.254. The molecule has 0 aliphatic rings. The van der Waals surface area contributed by atoms with Gasteiger partial charge in [0.1, 0.15) is 17.1 Å². The number of hydrogen-bond acceptors (Lipinski definition) is 4. The molecule has 3 rings (SSSR count). The average molecular weight is 284 g/mol. The normalized spacial score (nSPS) is 11.1. The van der Waals surface area contributed by atoms with Crippen LogP contribution in [0.3, 0.4) is 0 Å². The van der Waals surface area contributed by atoms with E-state index in [1.165, 1.54) is 0 Å². The van der Waals surface area contributed by atoms with E-state index < -0.39 is 0 Å². The molecule has 0 aliphatic carbocycles. The molecule has 0 unspecified atom stereocenters. The number of aromatic hydroxyl groups is 1. The van der Waals surface area contributed by atoms with E-state index in [-0.39, 0.29) is 11.3 Å². The van der Waals surface area contributed by atoms with Crippen LogP contribution in [0.2, 0.25) is 0 Å². The predicted molar refractivity (Wildman–Crippen MR) is 80.2 cm³/mol. The van der Waals surface area contributed by atoms with Crippen LogP contribution in [-0.4, -0.2) is 24.9 Å². The quantitative estimate of drug-likeness (QED) is 0.770. The fourth-order valence-corrected chi connectivity index (χ4v) is 2.45. The Labute approximate surface area is 121 Å². The number of rotatable bonds is 3. The van der Waals surface area contributed by atoms with Crippen LogP contribution in [0.25, 0.3) is 22.4 Å². The number of nitrogens with one attached hydrogen (secondary N) is 1. The van der Waals surface area contributed by atoms with Gasteiger partial charge in [-0.1, -0.05) is 25.5 Å². The summed E-state index contributed by atoms with van der Waals surface area (Å²) < 4.78 is 1.56. The van der Waals surface area contributed by atoms with Crippen LogP contribution in [0, 0.1) is 0 Å². The first-order valence-corrected chi connectivity index (χ1v) is 6.86. The van der Waals surface area contributed by atoms with E-state index in [1.54, 1.807) is 36.0 Å². The van der Waals surface area contributed by atoms with Gasteiger partial charge < -0.3 is 10.1 Å². The van der Waals surface area contributed by atoms with Crippen molar-refractivity contribution in [2.24, 2.45) is 7.05 Å². The highest BCUT2D eigenvalue weighted by atomic mass is 16.3. The van der Waals surface area contributed by atoms with Crippen LogP contribution in [0.1, 0.15) is 19.0 Å². The molecule has 0 radical (unpaired) electrons. The zero-order valence-electron chi connectivity index (χ0n) is 11.9. The summed E-state index contributed by atoms with van der Waals surface area (Å²) in [6, 6.07) is 6.79. The van der Waals surface area contributed by atoms with Gasteiger partial charge in [0.05, 0.1) is 11.3 Å². The lowest BCUT2D eigenvalue weighted by atomic mass is 10.1. The summed E-state index contributed by atoms with van der Waals surface area (Å²) in [6.07, 6.45) is 1.68. The van der Waals surface area contributed by atoms with Gasteiger partial charge in [-0.15, -0.1) is 0 Å². The summed E-state index contributed by atoms with van der Waals surface area (Å²) in [4.78, 5) is 19.5. The first-order valence-electron chi connectivity index (χ1n) is 6.86. The number of benzene rings is 1. The molecule has 3 aromatic rings. The summed E-state index contributed by atoms with van der Waals surface area (Å²) >= 11 is 0. The number of aromatic amines is 1. The van der Waals surface area contributed by atoms with Gasteiger partial charge in [0.2, 0.25) is 0 Å². The Morgan fingerprint density at radius 2 is 2.10 bits per heavy atom. The fraction of sp³-hybridized carbons (Fsp3) is 0.267. The van der Waals surface area contributed by atoms with E-state index in [1.807, 2.05) is 0 Å². The molecule has 108 valence electrons. The Morgan fingerprint density at radius 3 is 2.81 bits per heavy atom. The maximum atomic E-state index is 12.3. The molecule has 21 heavy (non-hydrogen) atoms. The molecule has 0 amide bonds. The maximum absolute atomic E-state index is 12.3. The van der Waals surface area contributed by atoms with Crippen molar-refractivity contribution in [3.63, 3.8) is 0 Å². The number of hydrogen-bond donors (Lipinski definition) is 2. The number of aromatic nitrogens is 4. The zero-order chi connectivity index (χ0) is 15.0. The number of aryl methyl sites for hydroxylation is 2.